The lowest BCUT2D eigenvalue weighted by molar-refractivity contribution is -0.385. The first-order valence-electron chi connectivity index (χ1n) is 4.07. The lowest BCUT2D eigenvalue weighted by Gasteiger charge is -2.05. The molecule has 0 fully saturated rings. The van der Waals surface area contributed by atoms with E-state index in [-0.39, 0.29) is 18.1 Å². The predicted molar refractivity (Wildman–Crippen MR) is 57.0 cm³/mol. The van der Waals surface area contributed by atoms with E-state index in [9.17, 15) is 14.9 Å². The summed E-state index contributed by atoms with van der Waals surface area (Å²) in [6.45, 7) is 1.28. The molecule has 0 heterocycles. The minimum Gasteiger partial charge on any atom is -0.484 e. The van der Waals surface area contributed by atoms with Crippen LogP contribution in [0.3, 0.4) is 0 Å². The lowest BCUT2D eigenvalue weighted by atomic mass is 10.3. The van der Waals surface area contributed by atoms with Gasteiger partial charge in [-0.25, -0.2) is 0 Å². The summed E-state index contributed by atoms with van der Waals surface area (Å²) in [6, 6.07) is 4.13. The molecule has 0 aliphatic rings. The number of carbonyl (C=O) groups excluding carboxylic acids is 1. The highest BCUT2D eigenvalue weighted by Crippen LogP contribution is 2.29. The fraction of sp³-hybridized carbons (Fsp3) is 0.222. The van der Waals surface area contributed by atoms with E-state index in [2.05, 4.69) is 15.9 Å². The van der Waals surface area contributed by atoms with E-state index in [1.807, 2.05) is 0 Å². The van der Waals surface area contributed by atoms with Crippen molar-refractivity contribution < 1.29 is 14.5 Å². The molecule has 0 amide bonds. The van der Waals surface area contributed by atoms with Gasteiger partial charge in [-0.15, -0.1) is 0 Å². The molecule has 1 aromatic carbocycles. The molecule has 0 aromatic heterocycles. The van der Waals surface area contributed by atoms with Crippen LogP contribution in [-0.4, -0.2) is 17.3 Å². The van der Waals surface area contributed by atoms with Crippen LogP contribution in [-0.2, 0) is 4.79 Å². The number of hydrogen-bond acceptors (Lipinski definition) is 4. The summed E-state index contributed by atoms with van der Waals surface area (Å²) in [5.41, 5.74) is -0.0725. The Bertz CT molecular complexity index is 405. The second-order valence-electron chi connectivity index (χ2n) is 2.86. The molecule has 15 heavy (non-hydrogen) atoms. The molecule has 5 nitrogen and oxygen atoms in total. The largest absolute Gasteiger partial charge is 0.484 e. The molecule has 0 aliphatic heterocycles. The minimum atomic E-state index is -0.521. The summed E-state index contributed by atoms with van der Waals surface area (Å²) in [6.07, 6.45) is 0. The number of Topliss-reactive ketones (excluding diaryl/α,β-unsaturated/α-hetero) is 1. The van der Waals surface area contributed by atoms with Crippen LogP contribution in [0.15, 0.2) is 22.7 Å². The Morgan fingerprint density at radius 2 is 2.27 bits per heavy atom. The highest BCUT2D eigenvalue weighted by Gasteiger charge is 2.10. The van der Waals surface area contributed by atoms with E-state index in [1.165, 1.54) is 25.1 Å². The van der Waals surface area contributed by atoms with Crippen molar-refractivity contribution in [3.05, 3.63) is 32.8 Å². The van der Waals surface area contributed by atoms with Crippen molar-refractivity contribution in [2.45, 2.75) is 6.92 Å². The highest BCUT2D eigenvalue weighted by molar-refractivity contribution is 9.10. The molecule has 0 bridgehead atoms. The third-order valence-corrected chi connectivity index (χ3v) is 2.21. The third kappa shape index (κ3) is 3.32. The zero-order valence-corrected chi connectivity index (χ0v) is 9.48. The van der Waals surface area contributed by atoms with Gasteiger partial charge < -0.3 is 4.74 Å². The van der Waals surface area contributed by atoms with Crippen molar-refractivity contribution in [1.82, 2.24) is 0 Å². The Morgan fingerprint density at radius 3 is 2.80 bits per heavy atom. The summed E-state index contributed by atoms with van der Waals surface area (Å²) in [4.78, 5) is 20.6. The molecule has 6 heteroatoms. The minimum absolute atomic E-state index is 0.0725. The maximum absolute atomic E-state index is 10.7. The average Bonchev–Trinajstić information content (AvgIpc) is 2.16. The van der Waals surface area contributed by atoms with E-state index in [0.717, 1.165) is 0 Å². The Kier molecular flexibility index (Phi) is 3.79. The molecule has 0 atom stereocenters. The van der Waals surface area contributed by atoms with Gasteiger partial charge in [-0.1, -0.05) is 0 Å². The van der Waals surface area contributed by atoms with Crippen LogP contribution in [0.1, 0.15) is 6.92 Å². The Labute approximate surface area is 94.3 Å². The Hall–Kier alpha value is -1.43. The molecule has 0 radical (unpaired) electrons. The van der Waals surface area contributed by atoms with Gasteiger partial charge in [0.2, 0.25) is 0 Å². The molecule has 0 saturated heterocycles. The van der Waals surface area contributed by atoms with Gasteiger partial charge in [-0.05, 0) is 28.9 Å². The molecule has 1 aromatic rings. The maximum atomic E-state index is 10.7. The number of hydrogen-bond donors (Lipinski definition) is 0. The van der Waals surface area contributed by atoms with Gasteiger partial charge in [0, 0.05) is 6.07 Å². The zero-order valence-electron chi connectivity index (χ0n) is 7.90. The summed E-state index contributed by atoms with van der Waals surface area (Å²) >= 11 is 3.17. The summed E-state index contributed by atoms with van der Waals surface area (Å²) in [5.74, 6) is 0.146. The number of ketones is 1. The summed E-state index contributed by atoms with van der Waals surface area (Å²) in [5, 5.41) is 10.5. The third-order valence-electron chi connectivity index (χ3n) is 1.56. The first kappa shape index (κ1) is 11.6. The second-order valence-corrected chi connectivity index (χ2v) is 3.72. The smallest absolute Gasteiger partial charge is 0.273 e. The normalized spacial score (nSPS) is 9.73. The topological polar surface area (TPSA) is 69.4 Å². The standard InChI is InChI=1S/C9H8BrNO4/c1-6(12)5-15-9-4-7(11(13)14)2-3-8(9)10/h2-4H,5H2,1H3. The predicted octanol–water partition coefficient (Wildman–Crippen LogP) is 2.33. The van der Waals surface area contributed by atoms with Crippen LogP contribution in [0, 0.1) is 10.1 Å². The number of benzene rings is 1. The van der Waals surface area contributed by atoms with E-state index in [0.29, 0.717) is 10.2 Å². The fourth-order valence-corrected chi connectivity index (χ4v) is 1.26. The van der Waals surface area contributed by atoms with E-state index in [1.54, 1.807) is 0 Å². The van der Waals surface area contributed by atoms with Crippen molar-refractivity contribution in [3.8, 4) is 5.75 Å². The summed E-state index contributed by atoms with van der Waals surface area (Å²) in [7, 11) is 0. The number of nitro groups is 1. The van der Waals surface area contributed by atoms with Gasteiger partial charge in [0.25, 0.3) is 5.69 Å². The monoisotopic (exact) mass is 273 g/mol. The first-order chi connectivity index (χ1) is 7.00. The Balaban J connectivity index is 2.90. The number of rotatable bonds is 4. The number of ether oxygens (including phenoxy) is 1. The van der Waals surface area contributed by atoms with Crippen LogP contribution in [0.2, 0.25) is 0 Å². The number of nitrogens with zero attached hydrogens (tertiary/aromatic N) is 1. The number of nitro benzene ring substituents is 1. The second kappa shape index (κ2) is 4.88. The molecule has 0 N–H and O–H groups in total. The molecule has 0 saturated carbocycles. The van der Waals surface area contributed by atoms with Gasteiger partial charge in [0.15, 0.2) is 5.78 Å². The SMILES string of the molecule is CC(=O)COc1cc([N+](=O)[O-])ccc1Br. The molecular formula is C9H8BrNO4. The molecule has 1 rings (SSSR count). The Morgan fingerprint density at radius 1 is 1.60 bits per heavy atom. The average molecular weight is 274 g/mol. The van der Waals surface area contributed by atoms with Crippen LogP contribution >= 0.6 is 15.9 Å². The van der Waals surface area contributed by atoms with Crippen molar-refractivity contribution in [3.63, 3.8) is 0 Å². The van der Waals surface area contributed by atoms with E-state index < -0.39 is 4.92 Å². The number of carbonyl (C=O) groups is 1. The summed E-state index contributed by atoms with van der Waals surface area (Å²) < 4.78 is 5.67. The van der Waals surface area contributed by atoms with Gasteiger partial charge in [-0.3, -0.25) is 14.9 Å². The van der Waals surface area contributed by atoms with Gasteiger partial charge in [-0.2, -0.15) is 0 Å². The van der Waals surface area contributed by atoms with Crippen molar-refractivity contribution in [2.75, 3.05) is 6.61 Å². The molecule has 80 valence electrons. The van der Waals surface area contributed by atoms with E-state index >= 15 is 0 Å². The molecule has 0 aliphatic carbocycles. The molecule has 0 spiro atoms. The van der Waals surface area contributed by atoms with Gasteiger partial charge in [0.05, 0.1) is 15.5 Å². The van der Waals surface area contributed by atoms with Crippen LogP contribution in [0.5, 0.6) is 5.75 Å². The van der Waals surface area contributed by atoms with Gasteiger partial charge >= 0.3 is 0 Å². The first-order valence-corrected chi connectivity index (χ1v) is 4.86. The number of non-ortho nitro benzene ring substituents is 1. The quantitative estimate of drug-likeness (QED) is 0.624. The van der Waals surface area contributed by atoms with Crippen LogP contribution < -0.4 is 4.74 Å². The van der Waals surface area contributed by atoms with Crippen molar-refractivity contribution in [2.24, 2.45) is 0 Å². The van der Waals surface area contributed by atoms with Crippen molar-refractivity contribution >= 4 is 27.4 Å². The fourth-order valence-electron chi connectivity index (χ4n) is 0.896. The van der Waals surface area contributed by atoms with Crippen LogP contribution in [0.4, 0.5) is 5.69 Å². The number of halogens is 1. The van der Waals surface area contributed by atoms with Crippen molar-refractivity contribution in [1.29, 1.82) is 0 Å². The van der Waals surface area contributed by atoms with Crippen LogP contribution in [0.25, 0.3) is 0 Å². The lowest BCUT2D eigenvalue weighted by Crippen LogP contribution is -2.07. The molecule has 0 unspecified atom stereocenters. The molecular weight excluding hydrogens is 266 g/mol. The van der Waals surface area contributed by atoms with Gasteiger partial charge in [0.1, 0.15) is 12.4 Å². The zero-order chi connectivity index (χ0) is 11.4. The maximum Gasteiger partial charge on any atom is 0.273 e. The highest BCUT2D eigenvalue weighted by atomic mass is 79.9. The van der Waals surface area contributed by atoms with E-state index in [4.69, 9.17) is 4.74 Å².